The van der Waals surface area contributed by atoms with Gasteiger partial charge in [-0.2, -0.15) is 0 Å². The van der Waals surface area contributed by atoms with Gasteiger partial charge in [0.15, 0.2) is 0 Å². The number of benzene rings is 2. The molecule has 0 aliphatic carbocycles. The number of amides is 1. The summed E-state index contributed by atoms with van der Waals surface area (Å²) in [7, 11) is 0. The maximum atomic E-state index is 12.3. The van der Waals surface area contributed by atoms with Crippen LogP contribution in [0.2, 0.25) is 0 Å². The van der Waals surface area contributed by atoms with Gasteiger partial charge in [0.2, 0.25) is 0 Å². The van der Waals surface area contributed by atoms with Crippen LogP contribution < -0.4 is 5.32 Å². The molecule has 1 atom stereocenters. The fourth-order valence-corrected chi connectivity index (χ4v) is 3.82. The van der Waals surface area contributed by atoms with Crippen molar-refractivity contribution in [3.8, 4) is 0 Å². The SMILES string of the molecule is O=C(NC1CCSc2ccccc21)c1ccc(I)cc1. The molecule has 0 radical (unpaired) electrons. The van der Waals surface area contributed by atoms with Crippen LogP contribution in [0.15, 0.2) is 53.4 Å². The van der Waals surface area contributed by atoms with Gasteiger partial charge in [-0.3, -0.25) is 4.79 Å². The highest BCUT2D eigenvalue weighted by Crippen LogP contribution is 2.35. The Labute approximate surface area is 136 Å². The third-order valence-electron chi connectivity index (χ3n) is 3.37. The predicted octanol–water partition coefficient (Wildman–Crippen LogP) is 4.26. The highest BCUT2D eigenvalue weighted by Gasteiger charge is 2.22. The van der Waals surface area contributed by atoms with Gasteiger partial charge < -0.3 is 5.32 Å². The summed E-state index contributed by atoms with van der Waals surface area (Å²) in [6, 6.07) is 16.1. The molecular weight excluding hydrogens is 381 g/mol. The second kappa shape index (κ2) is 6.18. The maximum Gasteiger partial charge on any atom is 0.251 e. The van der Waals surface area contributed by atoms with Crippen LogP contribution in [0.25, 0.3) is 0 Å². The number of rotatable bonds is 2. The lowest BCUT2D eigenvalue weighted by atomic mass is 10.0. The van der Waals surface area contributed by atoms with Gasteiger partial charge in [-0.25, -0.2) is 0 Å². The third-order valence-corrected chi connectivity index (χ3v) is 5.21. The van der Waals surface area contributed by atoms with Crippen LogP contribution >= 0.6 is 34.4 Å². The average Bonchev–Trinajstić information content (AvgIpc) is 2.48. The zero-order valence-corrected chi connectivity index (χ0v) is 13.8. The molecule has 0 bridgehead atoms. The second-order valence-electron chi connectivity index (χ2n) is 4.71. The molecule has 2 aromatic rings. The maximum absolute atomic E-state index is 12.3. The molecule has 0 spiro atoms. The van der Waals surface area contributed by atoms with Crippen molar-refractivity contribution in [3.63, 3.8) is 0 Å². The minimum Gasteiger partial charge on any atom is -0.345 e. The molecule has 3 rings (SSSR count). The van der Waals surface area contributed by atoms with Gasteiger partial charge in [-0.05, 0) is 64.9 Å². The quantitative estimate of drug-likeness (QED) is 0.771. The van der Waals surface area contributed by atoms with Gasteiger partial charge in [0.25, 0.3) is 5.91 Å². The minimum absolute atomic E-state index is 0.00750. The van der Waals surface area contributed by atoms with Crippen molar-refractivity contribution < 1.29 is 4.79 Å². The lowest BCUT2D eigenvalue weighted by Crippen LogP contribution is -2.30. The van der Waals surface area contributed by atoms with E-state index in [-0.39, 0.29) is 11.9 Å². The fraction of sp³-hybridized carbons (Fsp3) is 0.188. The lowest BCUT2D eigenvalue weighted by Gasteiger charge is -2.25. The van der Waals surface area contributed by atoms with Crippen LogP contribution in [0.5, 0.6) is 0 Å². The van der Waals surface area contributed by atoms with E-state index in [4.69, 9.17) is 0 Å². The first-order chi connectivity index (χ1) is 9.74. The van der Waals surface area contributed by atoms with Crippen molar-refractivity contribution in [1.29, 1.82) is 0 Å². The van der Waals surface area contributed by atoms with Crippen molar-refractivity contribution in [2.24, 2.45) is 0 Å². The van der Waals surface area contributed by atoms with Crippen LogP contribution in [0.4, 0.5) is 0 Å². The zero-order valence-electron chi connectivity index (χ0n) is 10.8. The van der Waals surface area contributed by atoms with E-state index in [1.807, 2.05) is 42.1 Å². The Bertz CT molecular complexity index is 627. The van der Waals surface area contributed by atoms with E-state index in [1.165, 1.54) is 10.5 Å². The lowest BCUT2D eigenvalue weighted by molar-refractivity contribution is 0.0935. The van der Waals surface area contributed by atoms with Crippen LogP contribution in [0, 0.1) is 3.57 Å². The number of hydrogen-bond donors (Lipinski definition) is 1. The number of carbonyl (C=O) groups excluding carboxylic acids is 1. The van der Waals surface area contributed by atoms with Crippen LogP contribution in [-0.2, 0) is 0 Å². The molecule has 0 saturated carbocycles. The van der Waals surface area contributed by atoms with Crippen LogP contribution in [-0.4, -0.2) is 11.7 Å². The van der Waals surface area contributed by atoms with E-state index in [9.17, 15) is 4.79 Å². The Kier molecular flexibility index (Phi) is 4.31. The third kappa shape index (κ3) is 3.01. The summed E-state index contributed by atoms with van der Waals surface area (Å²) in [6.45, 7) is 0. The van der Waals surface area contributed by atoms with Crippen molar-refractivity contribution in [2.45, 2.75) is 17.4 Å². The number of carbonyl (C=O) groups is 1. The van der Waals surface area contributed by atoms with E-state index in [1.54, 1.807) is 0 Å². The first-order valence-corrected chi connectivity index (χ1v) is 8.58. The zero-order chi connectivity index (χ0) is 13.9. The Morgan fingerprint density at radius 3 is 2.70 bits per heavy atom. The molecule has 1 unspecified atom stereocenters. The largest absolute Gasteiger partial charge is 0.345 e. The number of hydrogen-bond acceptors (Lipinski definition) is 2. The highest BCUT2D eigenvalue weighted by molar-refractivity contribution is 14.1. The van der Waals surface area contributed by atoms with Crippen molar-refractivity contribution >= 4 is 40.3 Å². The molecule has 1 amide bonds. The standard InChI is InChI=1S/C16H14INOS/c17-12-7-5-11(6-8-12)16(19)18-14-9-10-20-15-4-2-1-3-13(14)15/h1-8,14H,9-10H2,(H,18,19). The molecule has 2 aromatic carbocycles. The number of fused-ring (bicyclic) bond motifs is 1. The Hall–Kier alpha value is -1.01. The van der Waals surface area contributed by atoms with Crippen LogP contribution in [0.3, 0.4) is 0 Å². The molecule has 20 heavy (non-hydrogen) atoms. The molecule has 0 aromatic heterocycles. The molecule has 1 aliphatic heterocycles. The molecule has 102 valence electrons. The van der Waals surface area contributed by atoms with Gasteiger partial charge in [-0.1, -0.05) is 18.2 Å². The molecule has 1 heterocycles. The Morgan fingerprint density at radius 1 is 1.15 bits per heavy atom. The Morgan fingerprint density at radius 2 is 1.90 bits per heavy atom. The normalized spacial score (nSPS) is 17.4. The molecule has 0 fully saturated rings. The first kappa shape index (κ1) is 13.9. The van der Waals surface area contributed by atoms with Crippen LogP contribution in [0.1, 0.15) is 28.4 Å². The molecule has 4 heteroatoms. The van der Waals surface area contributed by atoms with E-state index in [0.29, 0.717) is 0 Å². The van der Waals surface area contributed by atoms with E-state index in [0.717, 1.165) is 21.3 Å². The van der Waals surface area contributed by atoms with E-state index in [2.05, 4.69) is 46.1 Å². The fourth-order valence-electron chi connectivity index (χ4n) is 2.33. The summed E-state index contributed by atoms with van der Waals surface area (Å²) in [6.07, 6.45) is 0.984. The van der Waals surface area contributed by atoms with Gasteiger partial charge in [-0.15, -0.1) is 11.8 Å². The molecule has 2 nitrogen and oxygen atoms in total. The monoisotopic (exact) mass is 395 g/mol. The summed E-state index contributed by atoms with van der Waals surface area (Å²) >= 11 is 4.11. The molecule has 0 saturated heterocycles. The Balaban J connectivity index is 1.79. The van der Waals surface area contributed by atoms with Gasteiger partial charge in [0, 0.05) is 19.8 Å². The minimum atomic E-state index is 0.00750. The predicted molar refractivity (Wildman–Crippen MR) is 91.1 cm³/mol. The topological polar surface area (TPSA) is 29.1 Å². The summed E-state index contributed by atoms with van der Waals surface area (Å²) in [5.41, 5.74) is 1.96. The highest BCUT2D eigenvalue weighted by atomic mass is 127. The second-order valence-corrected chi connectivity index (χ2v) is 7.09. The van der Waals surface area contributed by atoms with Gasteiger partial charge in [0.1, 0.15) is 0 Å². The number of nitrogens with one attached hydrogen (secondary N) is 1. The summed E-state index contributed by atoms with van der Waals surface area (Å²) in [5, 5.41) is 3.16. The van der Waals surface area contributed by atoms with Gasteiger partial charge >= 0.3 is 0 Å². The molecular formula is C16H14INOS. The summed E-state index contributed by atoms with van der Waals surface area (Å²) in [5.74, 6) is 1.06. The number of thioether (sulfide) groups is 1. The van der Waals surface area contributed by atoms with Crippen molar-refractivity contribution in [2.75, 3.05) is 5.75 Å². The van der Waals surface area contributed by atoms with E-state index >= 15 is 0 Å². The summed E-state index contributed by atoms with van der Waals surface area (Å²) < 4.78 is 1.14. The van der Waals surface area contributed by atoms with Gasteiger partial charge in [0.05, 0.1) is 6.04 Å². The first-order valence-electron chi connectivity index (χ1n) is 6.52. The van der Waals surface area contributed by atoms with E-state index < -0.39 is 0 Å². The smallest absolute Gasteiger partial charge is 0.251 e. The summed E-state index contributed by atoms with van der Waals surface area (Å²) in [4.78, 5) is 13.6. The average molecular weight is 395 g/mol. The molecule has 1 N–H and O–H groups in total. The number of halogens is 1. The molecule has 1 aliphatic rings. The van der Waals surface area contributed by atoms with Crippen molar-refractivity contribution in [3.05, 3.63) is 63.2 Å². The van der Waals surface area contributed by atoms with Crippen molar-refractivity contribution in [1.82, 2.24) is 5.32 Å².